The minimum atomic E-state index is 0.194. The van der Waals surface area contributed by atoms with Crippen LogP contribution >= 0.6 is 0 Å². The molecule has 1 aliphatic rings. The molecule has 0 spiro atoms. The van der Waals surface area contributed by atoms with Gasteiger partial charge in [-0.15, -0.1) is 0 Å². The van der Waals surface area contributed by atoms with E-state index in [1.807, 2.05) is 24.3 Å². The van der Waals surface area contributed by atoms with Gasteiger partial charge in [0.15, 0.2) is 0 Å². The lowest BCUT2D eigenvalue weighted by Crippen LogP contribution is -2.23. The van der Waals surface area contributed by atoms with Gasteiger partial charge in [0.25, 0.3) is 0 Å². The lowest BCUT2D eigenvalue weighted by Gasteiger charge is -2.27. The summed E-state index contributed by atoms with van der Waals surface area (Å²) in [6.45, 7) is 0.654. The third-order valence-corrected chi connectivity index (χ3v) is 4.04. The minimum Gasteiger partial charge on any atom is -0.489 e. The highest BCUT2D eigenvalue weighted by Crippen LogP contribution is 2.33. The molecule has 22 heavy (non-hydrogen) atoms. The fourth-order valence-electron chi connectivity index (χ4n) is 2.83. The normalized spacial score (nSPS) is 16.3. The Morgan fingerprint density at radius 3 is 2.23 bits per heavy atom. The van der Waals surface area contributed by atoms with Crippen LogP contribution in [0.3, 0.4) is 0 Å². The lowest BCUT2D eigenvalue weighted by atomic mass is 10.0. The molecular weight excluding hydrogens is 270 g/mol. The molecule has 2 heteroatoms. The van der Waals surface area contributed by atoms with Gasteiger partial charge in [0, 0.05) is 0 Å². The molecule has 1 aliphatic heterocycles. The summed E-state index contributed by atoms with van der Waals surface area (Å²) in [5.74, 6) is 0.930. The Balaban J connectivity index is 1.57. The maximum absolute atomic E-state index is 5.84. The van der Waals surface area contributed by atoms with E-state index in [0.29, 0.717) is 6.61 Å². The third kappa shape index (κ3) is 2.44. The first-order valence-electron chi connectivity index (χ1n) is 7.54. The molecule has 0 bridgehead atoms. The molecule has 108 valence electrons. The zero-order valence-corrected chi connectivity index (χ0v) is 12.2. The molecular formula is C20H17NO. The van der Waals surface area contributed by atoms with E-state index >= 15 is 0 Å². The Bertz CT molecular complexity index is 765. The van der Waals surface area contributed by atoms with Gasteiger partial charge < -0.3 is 10.1 Å². The van der Waals surface area contributed by atoms with Gasteiger partial charge in [0.2, 0.25) is 0 Å². The molecule has 0 saturated carbocycles. The van der Waals surface area contributed by atoms with Crippen molar-refractivity contribution in [2.75, 3.05) is 11.9 Å². The Hall–Kier alpha value is -2.74. The summed E-state index contributed by atoms with van der Waals surface area (Å²) in [5.41, 5.74) is 4.79. The van der Waals surface area contributed by atoms with E-state index in [0.717, 1.165) is 11.4 Å². The highest BCUT2D eigenvalue weighted by Gasteiger charge is 2.19. The Kier molecular flexibility index (Phi) is 3.28. The van der Waals surface area contributed by atoms with Gasteiger partial charge >= 0.3 is 0 Å². The molecule has 1 N–H and O–H groups in total. The molecule has 0 aromatic heterocycles. The van der Waals surface area contributed by atoms with Crippen LogP contribution in [0, 0.1) is 0 Å². The molecule has 1 atom stereocenters. The second-order valence-electron chi connectivity index (χ2n) is 5.49. The third-order valence-electron chi connectivity index (χ3n) is 4.04. The van der Waals surface area contributed by atoms with E-state index < -0.39 is 0 Å². The average Bonchev–Trinajstić information content (AvgIpc) is 2.62. The van der Waals surface area contributed by atoms with Gasteiger partial charge in [-0.05, 0) is 28.8 Å². The maximum Gasteiger partial charge on any atom is 0.142 e. The van der Waals surface area contributed by atoms with Crippen molar-refractivity contribution in [2.24, 2.45) is 0 Å². The average molecular weight is 287 g/mol. The molecule has 3 aromatic carbocycles. The maximum atomic E-state index is 5.84. The molecule has 4 rings (SSSR count). The van der Waals surface area contributed by atoms with Crippen molar-refractivity contribution < 1.29 is 4.74 Å². The first-order chi connectivity index (χ1) is 10.9. The quantitative estimate of drug-likeness (QED) is 0.724. The summed E-state index contributed by atoms with van der Waals surface area (Å²) < 4.78 is 5.84. The van der Waals surface area contributed by atoms with Gasteiger partial charge in [0.1, 0.15) is 12.4 Å². The van der Waals surface area contributed by atoms with Gasteiger partial charge in [-0.25, -0.2) is 0 Å². The van der Waals surface area contributed by atoms with Gasteiger partial charge in [0.05, 0.1) is 11.7 Å². The molecule has 0 radical (unpaired) electrons. The van der Waals surface area contributed by atoms with Crippen molar-refractivity contribution in [1.29, 1.82) is 0 Å². The number of benzene rings is 3. The van der Waals surface area contributed by atoms with Crippen molar-refractivity contribution in [2.45, 2.75) is 6.04 Å². The SMILES string of the molecule is c1ccc(-c2ccc(C3COc4ccccc4N3)cc2)cc1. The van der Waals surface area contributed by atoms with Crippen LogP contribution in [0.2, 0.25) is 0 Å². The molecule has 3 aromatic rings. The molecule has 0 aliphatic carbocycles. The molecule has 0 saturated heterocycles. The monoisotopic (exact) mass is 287 g/mol. The van der Waals surface area contributed by atoms with Crippen molar-refractivity contribution >= 4 is 5.69 Å². The first-order valence-corrected chi connectivity index (χ1v) is 7.54. The summed E-state index contributed by atoms with van der Waals surface area (Å²) in [6, 6.07) is 27.4. The van der Waals surface area contributed by atoms with Crippen LogP contribution in [0.1, 0.15) is 11.6 Å². The van der Waals surface area contributed by atoms with Crippen molar-refractivity contribution in [3.05, 3.63) is 84.4 Å². The van der Waals surface area contributed by atoms with Gasteiger partial charge in [-0.2, -0.15) is 0 Å². The number of hydrogen-bond acceptors (Lipinski definition) is 2. The molecule has 1 unspecified atom stereocenters. The minimum absolute atomic E-state index is 0.194. The lowest BCUT2D eigenvalue weighted by molar-refractivity contribution is 0.286. The molecule has 0 fully saturated rings. The topological polar surface area (TPSA) is 21.3 Å². The van der Waals surface area contributed by atoms with Crippen LogP contribution < -0.4 is 10.1 Å². The van der Waals surface area contributed by atoms with E-state index in [1.165, 1.54) is 16.7 Å². The first kappa shape index (κ1) is 13.0. The standard InChI is InChI=1S/C20H17NO/c1-2-6-15(7-3-1)16-10-12-17(13-11-16)19-14-22-20-9-5-4-8-18(20)21-19/h1-13,19,21H,14H2. The second kappa shape index (κ2) is 5.57. The van der Waals surface area contributed by atoms with Crippen molar-refractivity contribution in [3.63, 3.8) is 0 Å². The van der Waals surface area contributed by atoms with E-state index in [4.69, 9.17) is 4.74 Å². The number of ether oxygens (including phenoxy) is 1. The molecule has 0 amide bonds. The van der Waals surface area contributed by atoms with Crippen LogP contribution in [0.25, 0.3) is 11.1 Å². The zero-order chi connectivity index (χ0) is 14.8. The van der Waals surface area contributed by atoms with Gasteiger partial charge in [-0.3, -0.25) is 0 Å². The Morgan fingerprint density at radius 2 is 1.41 bits per heavy atom. The smallest absolute Gasteiger partial charge is 0.142 e. The van der Waals surface area contributed by atoms with Crippen LogP contribution in [0.5, 0.6) is 5.75 Å². The predicted molar refractivity (Wildman–Crippen MR) is 90.2 cm³/mol. The summed E-state index contributed by atoms with van der Waals surface area (Å²) in [6.07, 6.45) is 0. The van der Waals surface area contributed by atoms with Crippen LogP contribution in [0.4, 0.5) is 5.69 Å². The van der Waals surface area contributed by atoms with Crippen LogP contribution in [0.15, 0.2) is 78.9 Å². The van der Waals surface area contributed by atoms with Crippen molar-refractivity contribution in [1.82, 2.24) is 0 Å². The van der Waals surface area contributed by atoms with E-state index in [9.17, 15) is 0 Å². The Labute approximate surface area is 130 Å². The number of para-hydroxylation sites is 2. The number of nitrogens with one attached hydrogen (secondary N) is 1. The van der Waals surface area contributed by atoms with Crippen LogP contribution in [-0.4, -0.2) is 6.61 Å². The van der Waals surface area contributed by atoms with E-state index in [-0.39, 0.29) is 6.04 Å². The number of hydrogen-bond donors (Lipinski definition) is 1. The number of anilines is 1. The van der Waals surface area contributed by atoms with Crippen molar-refractivity contribution in [3.8, 4) is 16.9 Å². The Morgan fingerprint density at radius 1 is 0.727 bits per heavy atom. The second-order valence-corrected chi connectivity index (χ2v) is 5.49. The highest BCUT2D eigenvalue weighted by molar-refractivity contribution is 5.64. The predicted octanol–water partition coefficient (Wildman–Crippen LogP) is 4.90. The number of rotatable bonds is 2. The van der Waals surface area contributed by atoms with E-state index in [2.05, 4.69) is 59.9 Å². The summed E-state index contributed by atoms with van der Waals surface area (Å²) in [4.78, 5) is 0. The fourth-order valence-corrected chi connectivity index (χ4v) is 2.83. The zero-order valence-electron chi connectivity index (χ0n) is 12.2. The summed E-state index contributed by atoms with van der Waals surface area (Å²) >= 11 is 0. The van der Waals surface area contributed by atoms with E-state index in [1.54, 1.807) is 0 Å². The van der Waals surface area contributed by atoms with Gasteiger partial charge in [-0.1, -0.05) is 66.7 Å². The fraction of sp³-hybridized carbons (Fsp3) is 0.100. The summed E-state index contributed by atoms with van der Waals surface area (Å²) in [5, 5.41) is 3.55. The largest absolute Gasteiger partial charge is 0.489 e. The molecule has 1 heterocycles. The molecule has 2 nitrogen and oxygen atoms in total. The summed E-state index contributed by atoms with van der Waals surface area (Å²) in [7, 11) is 0. The highest BCUT2D eigenvalue weighted by atomic mass is 16.5. The number of fused-ring (bicyclic) bond motifs is 1. The van der Waals surface area contributed by atoms with Crippen LogP contribution in [-0.2, 0) is 0 Å².